The molecule has 0 aliphatic rings. The number of phenols is 1. The van der Waals surface area contributed by atoms with Crippen LogP contribution in [0.25, 0.3) is 0 Å². The van der Waals surface area contributed by atoms with E-state index < -0.39 is 19.5 Å². The van der Waals surface area contributed by atoms with Gasteiger partial charge < -0.3 is 5.11 Å². The van der Waals surface area contributed by atoms with Crippen molar-refractivity contribution in [3.05, 3.63) is 27.7 Å². The molecule has 0 radical (unpaired) electrons. The topological polar surface area (TPSA) is 20.2 Å². The largest absolute Gasteiger partial charge is 0.507 e. The normalized spacial score (nSPS) is 21.3. The molecule has 0 atom stereocenters. The lowest BCUT2D eigenvalue weighted by atomic mass is 10.1. The molecule has 0 fully saturated rings. The van der Waals surface area contributed by atoms with Crippen molar-refractivity contribution in [2.45, 2.75) is 13.7 Å². The molecule has 0 amide bonds. The van der Waals surface area contributed by atoms with Gasteiger partial charge in [-0.05, 0) is 37.0 Å². The molecule has 1 nitrogen and oxygen atoms in total. The average Bonchev–Trinajstić information content (AvgIpc) is 2.04. The molecule has 1 aromatic rings. The molecule has 0 saturated heterocycles. The van der Waals surface area contributed by atoms with Crippen LogP contribution in [-0.4, -0.2) is 5.11 Å². The van der Waals surface area contributed by atoms with Crippen molar-refractivity contribution >= 4 is 15.9 Å². The van der Waals surface area contributed by atoms with E-state index in [9.17, 15) is 5.11 Å². The number of aromatic hydroxyl groups is 1. The van der Waals surface area contributed by atoms with Crippen molar-refractivity contribution in [3.63, 3.8) is 0 Å². The highest BCUT2D eigenvalue weighted by atomic mass is 79.9. The van der Waals surface area contributed by atoms with Crippen LogP contribution < -0.4 is 0 Å². The lowest BCUT2D eigenvalue weighted by Crippen LogP contribution is -1.79. The molecule has 1 N–H and O–H groups in total. The van der Waals surface area contributed by atoms with E-state index in [0.717, 1.165) is 0 Å². The zero-order chi connectivity index (χ0) is 12.7. The summed E-state index contributed by atoms with van der Waals surface area (Å²) in [6, 6.07) is 2.38. The number of hydrogen-bond donors (Lipinski definition) is 1. The van der Waals surface area contributed by atoms with E-state index >= 15 is 0 Å². The molecule has 0 unspecified atom stereocenters. The highest BCUT2D eigenvalue weighted by Gasteiger charge is 1.99. The number of phenolic OH excluding ortho intramolecular Hbond substituents is 1. The van der Waals surface area contributed by atoms with Gasteiger partial charge in [-0.1, -0.05) is 15.9 Å². The summed E-state index contributed by atoms with van der Waals surface area (Å²) in [5.41, 5.74) is -0.735. The van der Waals surface area contributed by atoms with Gasteiger partial charge in [-0.15, -0.1) is 0 Å². The third-order valence-electron chi connectivity index (χ3n) is 1.07. The molecule has 2 heteroatoms. The first kappa shape index (κ1) is 2.86. The lowest BCUT2D eigenvalue weighted by Gasteiger charge is -2.02. The fourth-order valence-electron chi connectivity index (χ4n) is 0.599. The highest BCUT2D eigenvalue weighted by molar-refractivity contribution is 9.10. The molecular weight excluding hydrogens is 192 g/mol. The second-order valence-electron chi connectivity index (χ2n) is 1.85. The summed E-state index contributed by atoms with van der Waals surface area (Å²) in [4.78, 5) is 0. The molecule has 1 aromatic carbocycles. The summed E-state index contributed by atoms with van der Waals surface area (Å²) in [5.74, 6) is -0.691. The van der Waals surface area contributed by atoms with Gasteiger partial charge in [-0.3, -0.25) is 0 Å². The monoisotopic (exact) mass is 206 g/mol. The summed E-state index contributed by atoms with van der Waals surface area (Å²) in [5, 5.41) is 9.64. The first-order valence-electron chi connectivity index (χ1n) is 5.57. The Balaban J connectivity index is 3.51. The Bertz CT molecular complexity index is 373. The van der Waals surface area contributed by atoms with Gasteiger partial charge in [0.15, 0.2) is 0 Å². The third-order valence-corrected chi connectivity index (χ3v) is 1.53. The van der Waals surface area contributed by atoms with Gasteiger partial charge in [0.1, 0.15) is 5.75 Å². The summed E-state index contributed by atoms with van der Waals surface area (Å²) in [7, 11) is 0. The molecule has 0 spiro atoms. The van der Waals surface area contributed by atoms with Crippen LogP contribution in [0.15, 0.2) is 16.6 Å². The van der Waals surface area contributed by atoms with Gasteiger partial charge in [0.05, 0.1) is 0 Å². The maximum Gasteiger partial charge on any atom is 0.121 e. The Labute approximate surface area is 77.3 Å². The van der Waals surface area contributed by atoms with Crippen LogP contribution in [0, 0.1) is 13.7 Å². The molecular formula is C8H9BrO. The Morgan fingerprint density at radius 1 is 1.40 bits per heavy atom. The van der Waals surface area contributed by atoms with Crippen molar-refractivity contribution in [2.75, 3.05) is 0 Å². The zero-order valence-electron chi connectivity index (χ0n) is 11.0. The molecule has 1 rings (SSSR count). The van der Waals surface area contributed by atoms with Crippen LogP contribution in [0.4, 0.5) is 0 Å². The molecule has 0 aliphatic heterocycles. The summed E-state index contributed by atoms with van der Waals surface area (Å²) in [6.45, 7) is -5.10. The van der Waals surface area contributed by atoms with Crippen LogP contribution in [0.1, 0.15) is 19.4 Å². The van der Waals surface area contributed by atoms with Crippen LogP contribution >= 0.6 is 15.9 Å². The van der Waals surface area contributed by atoms with Gasteiger partial charge in [0.25, 0.3) is 0 Å². The number of rotatable bonds is 0. The van der Waals surface area contributed by atoms with Crippen molar-refractivity contribution in [2.24, 2.45) is 0 Å². The maximum absolute atomic E-state index is 9.64. The van der Waals surface area contributed by atoms with E-state index in [1.165, 1.54) is 12.1 Å². The van der Waals surface area contributed by atoms with Gasteiger partial charge in [0, 0.05) is 12.7 Å². The Hall–Kier alpha value is -0.500. The van der Waals surface area contributed by atoms with Crippen molar-refractivity contribution < 1.29 is 13.3 Å². The standard InChI is InChI=1S/C8H9BrO/c1-5-3-7(9)4-6(2)8(5)10/h3-4,10H,1-2H3/i1D3,2D3. The highest BCUT2D eigenvalue weighted by Crippen LogP contribution is 2.25. The number of hydrogen-bond acceptors (Lipinski definition) is 1. The predicted molar refractivity (Wildman–Crippen MR) is 45.3 cm³/mol. The molecule has 0 aliphatic carbocycles. The minimum absolute atomic E-state index is 0.308. The molecule has 0 bridgehead atoms. The van der Waals surface area contributed by atoms with E-state index in [4.69, 9.17) is 8.22 Å². The fourth-order valence-corrected chi connectivity index (χ4v) is 1.06. The Morgan fingerprint density at radius 2 is 1.90 bits per heavy atom. The first-order chi connectivity index (χ1) is 7.03. The second-order valence-corrected chi connectivity index (χ2v) is 2.77. The van der Waals surface area contributed by atoms with Crippen LogP contribution in [0.5, 0.6) is 5.75 Å². The first-order valence-corrected chi connectivity index (χ1v) is 3.36. The SMILES string of the molecule is [2H]C([2H])([2H])c1cc(Br)cc(C([2H])([2H])[2H])c1O. The minimum Gasteiger partial charge on any atom is -0.507 e. The van der Waals surface area contributed by atoms with E-state index in [-0.39, 0.29) is 11.1 Å². The second kappa shape index (κ2) is 2.62. The number of benzene rings is 1. The van der Waals surface area contributed by atoms with E-state index in [1.807, 2.05) is 0 Å². The third kappa shape index (κ3) is 1.32. The van der Waals surface area contributed by atoms with E-state index in [1.54, 1.807) is 0 Å². The summed E-state index contributed by atoms with van der Waals surface area (Å²) >= 11 is 3.02. The number of aryl methyl sites for hydroxylation is 2. The zero-order valence-corrected chi connectivity index (χ0v) is 6.57. The van der Waals surface area contributed by atoms with Gasteiger partial charge >= 0.3 is 0 Å². The minimum atomic E-state index is -2.55. The van der Waals surface area contributed by atoms with Crippen LogP contribution in [-0.2, 0) is 0 Å². The average molecular weight is 207 g/mol. The van der Waals surface area contributed by atoms with Gasteiger partial charge in [-0.2, -0.15) is 0 Å². The lowest BCUT2D eigenvalue weighted by molar-refractivity contribution is 0.467. The molecule has 54 valence electrons. The number of halogens is 1. The summed E-state index contributed by atoms with van der Waals surface area (Å²) < 4.78 is 43.4. The molecule has 0 saturated carbocycles. The molecule has 0 heterocycles. The van der Waals surface area contributed by atoms with E-state index in [0.29, 0.717) is 4.47 Å². The molecule has 0 aromatic heterocycles. The Kier molecular flexibility index (Phi) is 0.750. The van der Waals surface area contributed by atoms with Crippen LogP contribution in [0.2, 0.25) is 0 Å². The van der Waals surface area contributed by atoms with Crippen molar-refractivity contribution in [1.29, 1.82) is 0 Å². The smallest absolute Gasteiger partial charge is 0.121 e. The predicted octanol–water partition coefficient (Wildman–Crippen LogP) is 2.77. The van der Waals surface area contributed by atoms with Crippen molar-refractivity contribution in [3.8, 4) is 5.75 Å². The van der Waals surface area contributed by atoms with Crippen molar-refractivity contribution in [1.82, 2.24) is 0 Å². The molecule has 10 heavy (non-hydrogen) atoms. The Morgan fingerprint density at radius 3 is 2.30 bits per heavy atom. The van der Waals surface area contributed by atoms with Gasteiger partial charge in [0.2, 0.25) is 0 Å². The van der Waals surface area contributed by atoms with Gasteiger partial charge in [-0.25, -0.2) is 0 Å². The quantitative estimate of drug-likeness (QED) is 0.693. The fraction of sp³-hybridized carbons (Fsp3) is 0.250. The van der Waals surface area contributed by atoms with Crippen LogP contribution in [0.3, 0.4) is 0 Å². The van der Waals surface area contributed by atoms with E-state index in [2.05, 4.69) is 15.9 Å². The summed E-state index contributed by atoms with van der Waals surface area (Å²) in [6.07, 6.45) is 0. The maximum atomic E-state index is 9.64.